The van der Waals surface area contributed by atoms with E-state index in [9.17, 15) is 4.79 Å². The fourth-order valence-corrected chi connectivity index (χ4v) is 5.16. The first-order valence-corrected chi connectivity index (χ1v) is 10.1. The highest BCUT2D eigenvalue weighted by Crippen LogP contribution is 2.53. The number of nitrogens with zero attached hydrogens (tertiary/aromatic N) is 2. The molecule has 2 aliphatic heterocycles. The fourth-order valence-electron chi connectivity index (χ4n) is 5.16. The number of carbonyl (C=O) groups excluding carboxylic acids is 1. The predicted molar refractivity (Wildman–Crippen MR) is 109 cm³/mol. The second-order valence-electron chi connectivity index (χ2n) is 9.30. The summed E-state index contributed by atoms with van der Waals surface area (Å²) >= 11 is 0. The largest absolute Gasteiger partial charge is 0.466 e. The maximum absolute atomic E-state index is 12.7. The molecule has 3 aliphatic rings. The highest BCUT2D eigenvalue weighted by Gasteiger charge is 2.56. The Morgan fingerprint density at radius 3 is 2.57 bits per heavy atom. The van der Waals surface area contributed by atoms with E-state index in [1.807, 2.05) is 12.1 Å². The predicted octanol–water partition coefficient (Wildman–Crippen LogP) is 5.01. The molecule has 2 atom stereocenters. The van der Waals surface area contributed by atoms with Crippen LogP contribution in [0.1, 0.15) is 62.3 Å². The topological polar surface area (TPSA) is 41.9 Å². The van der Waals surface area contributed by atoms with E-state index in [0.29, 0.717) is 12.8 Å². The van der Waals surface area contributed by atoms with Crippen LogP contribution >= 0.6 is 0 Å². The zero-order valence-corrected chi connectivity index (χ0v) is 16.7. The molecule has 2 aromatic carbocycles. The van der Waals surface area contributed by atoms with E-state index in [1.54, 1.807) is 0 Å². The number of fused-ring (bicyclic) bond motifs is 4. The third kappa shape index (κ3) is 2.74. The number of benzene rings is 2. The molecule has 2 heterocycles. The highest BCUT2D eigenvalue weighted by molar-refractivity contribution is 6.02. The summed E-state index contributed by atoms with van der Waals surface area (Å²) in [5.41, 5.74) is 3.83. The lowest BCUT2D eigenvalue weighted by molar-refractivity contribution is -0.171. The van der Waals surface area contributed by atoms with Crippen molar-refractivity contribution in [1.29, 1.82) is 0 Å². The van der Waals surface area contributed by atoms with Crippen LogP contribution in [0.3, 0.4) is 0 Å². The van der Waals surface area contributed by atoms with E-state index < -0.39 is 5.72 Å². The fraction of sp³-hybridized carbons (Fsp3) is 0.417. The van der Waals surface area contributed by atoms with Gasteiger partial charge < -0.3 is 4.74 Å². The van der Waals surface area contributed by atoms with Gasteiger partial charge in [0.15, 0.2) is 0 Å². The Labute approximate surface area is 166 Å². The molecule has 0 bridgehead atoms. The molecule has 0 N–H and O–H groups in total. The Morgan fingerprint density at radius 2 is 1.82 bits per heavy atom. The minimum Gasteiger partial charge on any atom is -0.466 e. The number of carbonyl (C=O) groups is 1. The summed E-state index contributed by atoms with van der Waals surface area (Å²) < 4.78 is 6.58. The van der Waals surface area contributed by atoms with Crippen LogP contribution in [0.5, 0.6) is 5.75 Å². The molecule has 0 radical (unpaired) electrons. The lowest BCUT2D eigenvalue weighted by Gasteiger charge is -2.52. The van der Waals surface area contributed by atoms with Crippen LogP contribution in [0, 0.1) is 12.3 Å². The molecule has 144 valence electrons. The zero-order valence-electron chi connectivity index (χ0n) is 16.7. The van der Waals surface area contributed by atoms with Crippen LogP contribution in [0.4, 0.5) is 0 Å². The van der Waals surface area contributed by atoms with Gasteiger partial charge in [-0.15, -0.1) is 0 Å². The van der Waals surface area contributed by atoms with Gasteiger partial charge in [-0.25, -0.2) is 5.01 Å². The summed E-state index contributed by atoms with van der Waals surface area (Å²) in [5, 5.41) is 7.17. The monoisotopic (exact) mass is 374 g/mol. The highest BCUT2D eigenvalue weighted by atomic mass is 16.5. The quantitative estimate of drug-likeness (QED) is 0.704. The van der Waals surface area contributed by atoms with Crippen molar-refractivity contribution in [1.82, 2.24) is 5.01 Å². The maximum Gasteiger partial charge on any atom is 0.205 e. The van der Waals surface area contributed by atoms with Crippen molar-refractivity contribution >= 4 is 11.5 Å². The molecule has 0 aromatic heterocycles. The minimum absolute atomic E-state index is 0.103. The standard InChI is InChI=1S/C24H26N2O2/c1-16-8-10-17(11-9-16)20-12-21-19-6-4-5-7-22(19)28-24(26(21)25-20)14-18(27)13-23(2,3)15-24/h4-11,21H,12-15H2,1-3H3. The summed E-state index contributed by atoms with van der Waals surface area (Å²) in [6.45, 7) is 6.41. The van der Waals surface area contributed by atoms with Crippen LogP contribution in [0.25, 0.3) is 0 Å². The van der Waals surface area contributed by atoms with Gasteiger partial charge in [0.1, 0.15) is 11.5 Å². The molecule has 4 heteroatoms. The summed E-state index contributed by atoms with van der Waals surface area (Å²) in [5.74, 6) is 1.16. The molecule has 28 heavy (non-hydrogen) atoms. The Bertz CT molecular complexity index is 976. The molecule has 5 rings (SSSR count). The van der Waals surface area contributed by atoms with Gasteiger partial charge in [-0.1, -0.05) is 61.9 Å². The second-order valence-corrected chi connectivity index (χ2v) is 9.30. The maximum atomic E-state index is 12.7. The average molecular weight is 374 g/mol. The van der Waals surface area contributed by atoms with Crippen LogP contribution in [-0.2, 0) is 4.79 Å². The molecule has 1 fully saturated rings. The van der Waals surface area contributed by atoms with Crippen LogP contribution < -0.4 is 4.74 Å². The van der Waals surface area contributed by atoms with Crippen LogP contribution in [0.2, 0.25) is 0 Å². The SMILES string of the molecule is Cc1ccc(C2=NN3C(C2)c2ccccc2OC32CC(=O)CC(C)(C)C2)cc1. The minimum atomic E-state index is -0.690. The number of hydrazone groups is 1. The normalized spacial score (nSPS) is 27.8. The lowest BCUT2D eigenvalue weighted by Crippen LogP contribution is -2.59. The molecule has 0 saturated heterocycles. The van der Waals surface area contributed by atoms with Crippen molar-refractivity contribution in [2.75, 3.05) is 0 Å². The first-order chi connectivity index (χ1) is 13.4. The summed E-state index contributed by atoms with van der Waals surface area (Å²) in [7, 11) is 0. The number of aryl methyl sites for hydroxylation is 1. The molecule has 2 aromatic rings. The first kappa shape index (κ1) is 17.5. The Kier molecular flexibility index (Phi) is 3.71. The van der Waals surface area contributed by atoms with Crippen molar-refractivity contribution in [3.05, 3.63) is 65.2 Å². The smallest absolute Gasteiger partial charge is 0.205 e. The van der Waals surface area contributed by atoms with Gasteiger partial charge >= 0.3 is 0 Å². The molecule has 0 amide bonds. The van der Waals surface area contributed by atoms with E-state index in [-0.39, 0.29) is 17.2 Å². The molecule has 1 saturated carbocycles. The number of ketones is 1. The van der Waals surface area contributed by atoms with Gasteiger partial charge in [0.25, 0.3) is 0 Å². The molecule has 1 aliphatic carbocycles. The van der Waals surface area contributed by atoms with Gasteiger partial charge in [0, 0.05) is 24.8 Å². The summed E-state index contributed by atoms with van der Waals surface area (Å²) in [6.07, 6.45) is 2.62. The molecular formula is C24H26N2O2. The third-order valence-electron chi connectivity index (χ3n) is 6.19. The Hall–Kier alpha value is -2.62. The Balaban J connectivity index is 1.62. The summed E-state index contributed by atoms with van der Waals surface area (Å²) in [4.78, 5) is 12.7. The molecule has 2 unspecified atom stereocenters. The van der Waals surface area contributed by atoms with Crippen molar-refractivity contribution in [3.8, 4) is 5.75 Å². The van der Waals surface area contributed by atoms with Gasteiger partial charge in [0.05, 0.1) is 18.2 Å². The van der Waals surface area contributed by atoms with E-state index in [0.717, 1.165) is 35.4 Å². The number of para-hydroxylation sites is 1. The van der Waals surface area contributed by atoms with E-state index in [2.05, 4.69) is 62.2 Å². The summed E-state index contributed by atoms with van der Waals surface area (Å²) in [6, 6.07) is 16.9. The van der Waals surface area contributed by atoms with Crippen molar-refractivity contribution in [2.45, 2.75) is 58.2 Å². The van der Waals surface area contributed by atoms with Crippen molar-refractivity contribution in [2.24, 2.45) is 10.5 Å². The van der Waals surface area contributed by atoms with E-state index >= 15 is 0 Å². The van der Waals surface area contributed by atoms with E-state index in [1.165, 1.54) is 5.56 Å². The van der Waals surface area contributed by atoms with Gasteiger partial charge in [-0.3, -0.25) is 4.79 Å². The van der Waals surface area contributed by atoms with Crippen molar-refractivity contribution < 1.29 is 9.53 Å². The number of hydrogen-bond acceptors (Lipinski definition) is 4. The molecular weight excluding hydrogens is 348 g/mol. The van der Waals surface area contributed by atoms with Crippen LogP contribution in [0.15, 0.2) is 53.6 Å². The van der Waals surface area contributed by atoms with E-state index in [4.69, 9.17) is 9.84 Å². The second kappa shape index (κ2) is 5.94. The van der Waals surface area contributed by atoms with Gasteiger partial charge in [-0.2, -0.15) is 5.10 Å². The third-order valence-corrected chi connectivity index (χ3v) is 6.19. The number of ether oxygens (including phenoxy) is 1. The molecule has 4 nitrogen and oxygen atoms in total. The van der Waals surface area contributed by atoms with Gasteiger partial charge in [-0.05, 0) is 24.0 Å². The van der Waals surface area contributed by atoms with Gasteiger partial charge in [0.2, 0.25) is 5.72 Å². The van der Waals surface area contributed by atoms with Crippen molar-refractivity contribution in [3.63, 3.8) is 0 Å². The average Bonchev–Trinajstić information content (AvgIpc) is 3.07. The Morgan fingerprint density at radius 1 is 1.07 bits per heavy atom. The molecule has 1 spiro atoms. The number of hydrogen-bond donors (Lipinski definition) is 0. The lowest BCUT2D eigenvalue weighted by atomic mass is 9.71. The number of Topliss-reactive ketones (excluding diaryl/α,β-unsaturated/α-hetero) is 1. The van der Waals surface area contributed by atoms with Crippen LogP contribution in [-0.4, -0.2) is 22.2 Å². The first-order valence-electron chi connectivity index (χ1n) is 10.1. The zero-order chi connectivity index (χ0) is 19.5. The number of rotatable bonds is 1.